The summed E-state index contributed by atoms with van der Waals surface area (Å²) in [7, 11) is 2.01. The van der Waals surface area contributed by atoms with Crippen LogP contribution < -0.4 is 4.90 Å². The smallest absolute Gasteiger partial charge is 0.410 e. The Morgan fingerprint density at radius 3 is 2.40 bits per heavy atom. The predicted molar refractivity (Wildman–Crippen MR) is 165 cm³/mol. The number of benzene rings is 1. The quantitative estimate of drug-likeness (QED) is 0.250. The number of allylic oxidation sites excluding steroid dienone is 2. The first-order valence-corrected chi connectivity index (χ1v) is 15.3. The number of aliphatic hydroxyl groups excluding tert-OH is 1. The third-order valence-electron chi connectivity index (χ3n) is 8.40. The van der Waals surface area contributed by atoms with Gasteiger partial charge in [0.2, 0.25) is 0 Å². The third-order valence-corrected chi connectivity index (χ3v) is 8.40. The first-order chi connectivity index (χ1) is 20.6. The summed E-state index contributed by atoms with van der Waals surface area (Å²) >= 11 is 0. The number of aldehydes is 2. The number of carbonyl (C=O) groups excluding carboxylic acids is 3. The highest BCUT2D eigenvalue weighted by Crippen LogP contribution is 2.27. The number of likely N-dealkylation sites (N-methyl/N-ethyl adjacent to an activating group) is 1. The van der Waals surface area contributed by atoms with Gasteiger partial charge in [0.1, 0.15) is 24.5 Å². The van der Waals surface area contributed by atoms with Gasteiger partial charge in [-0.2, -0.15) is 0 Å². The minimum atomic E-state index is -0.740. The molecule has 1 amide bonds. The number of piperazine rings is 1. The third kappa shape index (κ3) is 10.9. The minimum Gasteiger partial charge on any atom is -0.442 e. The van der Waals surface area contributed by atoms with E-state index in [1.807, 2.05) is 52.1 Å². The van der Waals surface area contributed by atoms with Crippen LogP contribution in [0.2, 0.25) is 0 Å². The van der Waals surface area contributed by atoms with Gasteiger partial charge in [0.15, 0.2) is 0 Å². The second-order valence-corrected chi connectivity index (χ2v) is 11.9. The standard InChI is InChI=1S/C33H48FN3O6/c1-24(31(23-39)26(3)19-27-20-28(34)22-29(21-27)36-14-17-42-18-15-36)6-8-32(25(2)5-7-30(40)9-16-38)43-33(41)37-12-10-35(4)11-13-37/h6,8,16,19-25,30-32,40H,5,7,9-15,17-18H2,1-4H3/b8-6+,26-19+/t24-,25-,30+,31-,32-/m0/s1. The topological polar surface area (TPSA) is 99.6 Å². The first-order valence-electron chi connectivity index (χ1n) is 15.3. The molecule has 2 heterocycles. The molecule has 2 fully saturated rings. The van der Waals surface area contributed by atoms with E-state index in [0.717, 1.165) is 30.6 Å². The average Bonchev–Trinajstić information content (AvgIpc) is 2.99. The lowest BCUT2D eigenvalue weighted by Gasteiger charge is -2.33. The van der Waals surface area contributed by atoms with Crippen molar-refractivity contribution in [2.75, 3.05) is 64.4 Å². The Bertz CT molecular complexity index is 1110. The fraction of sp³-hybridized carbons (Fsp3) is 0.606. The fourth-order valence-electron chi connectivity index (χ4n) is 5.47. The number of aliphatic hydroxyl groups is 1. The van der Waals surface area contributed by atoms with Crippen LogP contribution in [0, 0.1) is 23.6 Å². The highest BCUT2D eigenvalue weighted by Gasteiger charge is 2.26. The van der Waals surface area contributed by atoms with Gasteiger partial charge in [-0.15, -0.1) is 0 Å². The molecule has 2 saturated heterocycles. The van der Waals surface area contributed by atoms with Gasteiger partial charge in [-0.25, -0.2) is 9.18 Å². The summed E-state index contributed by atoms with van der Waals surface area (Å²) in [5, 5.41) is 10.1. The van der Waals surface area contributed by atoms with Crippen LogP contribution in [0.4, 0.5) is 14.9 Å². The van der Waals surface area contributed by atoms with Crippen LogP contribution in [-0.4, -0.2) is 105 Å². The molecule has 0 saturated carbocycles. The van der Waals surface area contributed by atoms with E-state index in [9.17, 15) is 23.9 Å². The van der Waals surface area contributed by atoms with Gasteiger partial charge in [0.25, 0.3) is 0 Å². The largest absolute Gasteiger partial charge is 0.442 e. The van der Waals surface area contributed by atoms with Crippen LogP contribution in [0.5, 0.6) is 0 Å². The van der Waals surface area contributed by atoms with Crippen LogP contribution in [0.1, 0.15) is 45.6 Å². The van der Waals surface area contributed by atoms with Crippen molar-refractivity contribution in [1.82, 2.24) is 9.80 Å². The van der Waals surface area contributed by atoms with E-state index in [0.29, 0.717) is 64.1 Å². The SMILES string of the molecule is C/C(=C\c1cc(F)cc(N2CCOCC2)c1)[C@@H](C=O)[C@@H](C)/C=C/[C@H](OC(=O)N1CCN(C)CC1)[C@@H](C)CC[C@@H](O)CC=O. The number of anilines is 1. The lowest BCUT2D eigenvalue weighted by molar-refractivity contribution is -0.111. The number of amides is 1. The van der Waals surface area contributed by atoms with Crippen molar-refractivity contribution in [3.05, 3.63) is 47.3 Å². The first kappa shape index (κ1) is 34.4. The molecule has 0 aromatic heterocycles. The lowest BCUT2D eigenvalue weighted by atomic mass is 9.86. The molecule has 5 atom stereocenters. The van der Waals surface area contributed by atoms with Crippen molar-refractivity contribution in [3.63, 3.8) is 0 Å². The zero-order valence-electron chi connectivity index (χ0n) is 26.0. The van der Waals surface area contributed by atoms with Crippen molar-refractivity contribution in [1.29, 1.82) is 0 Å². The number of hydrogen-bond acceptors (Lipinski definition) is 8. The molecule has 238 valence electrons. The number of ether oxygens (including phenoxy) is 2. The zero-order valence-corrected chi connectivity index (χ0v) is 26.0. The average molecular weight is 602 g/mol. The number of morpholine rings is 1. The molecule has 3 rings (SSSR count). The van der Waals surface area contributed by atoms with Crippen LogP contribution in [0.3, 0.4) is 0 Å². The predicted octanol–water partition coefficient (Wildman–Crippen LogP) is 4.19. The van der Waals surface area contributed by atoms with Crippen molar-refractivity contribution in [2.24, 2.45) is 17.8 Å². The molecular weight excluding hydrogens is 553 g/mol. The molecule has 0 radical (unpaired) electrons. The Morgan fingerprint density at radius 2 is 1.74 bits per heavy atom. The normalized spacial score (nSPS) is 20.4. The second-order valence-electron chi connectivity index (χ2n) is 11.9. The van der Waals surface area contributed by atoms with Gasteiger partial charge < -0.3 is 38.9 Å². The molecular formula is C33H48FN3O6. The van der Waals surface area contributed by atoms with Gasteiger partial charge >= 0.3 is 6.09 Å². The zero-order chi connectivity index (χ0) is 31.4. The highest BCUT2D eigenvalue weighted by molar-refractivity contribution is 5.69. The molecule has 2 aliphatic rings. The van der Waals surface area contributed by atoms with Crippen LogP contribution >= 0.6 is 0 Å². The molecule has 2 aliphatic heterocycles. The maximum absolute atomic E-state index is 14.5. The summed E-state index contributed by atoms with van der Waals surface area (Å²) < 4.78 is 25.9. The van der Waals surface area contributed by atoms with Crippen molar-refractivity contribution < 1.29 is 33.4 Å². The van der Waals surface area contributed by atoms with Crippen LogP contribution in [0.15, 0.2) is 35.9 Å². The van der Waals surface area contributed by atoms with Crippen LogP contribution in [0.25, 0.3) is 6.08 Å². The molecule has 0 bridgehead atoms. The van der Waals surface area contributed by atoms with E-state index in [-0.39, 0.29) is 30.2 Å². The Kier molecular flexibility index (Phi) is 13.8. The molecule has 1 aromatic rings. The molecule has 1 N–H and O–H groups in total. The van der Waals surface area contributed by atoms with E-state index < -0.39 is 18.1 Å². The van der Waals surface area contributed by atoms with Crippen LogP contribution in [-0.2, 0) is 19.1 Å². The van der Waals surface area contributed by atoms with Crippen molar-refractivity contribution in [3.8, 4) is 0 Å². The number of hydrogen-bond donors (Lipinski definition) is 1. The maximum Gasteiger partial charge on any atom is 0.410 e. The van der Waals surface area contributed by atoms with E-state index in [2.05, 4.69) is 9.80 Å². The summed E-state index contributed by atoms with van der Waals surface area (Å²) in [6, 6.07) is 4.91. The second kappa shape index (κ2) is 17.3. The molecule has 10 heteroatoms. The Labute approximate surface area is 255 Å². The van der Waals surface area contributed by atoms with Gasteiger partial charge in [-0.1, -0.05) is 31.6 Å². The lowest BCUT2D eigenvalue weighted by Crippen LogP contribution is -2.48. The number of rotatable bonds is 14. The van der Waals surface area contributed by atoms with E-state index in [4.69, 9.17) is 9.47 Å². The monoisotopic (exact) mass is 601 g/mol. The number of nitrogens with zero attached hydrogens (tertiary/aromatic N) is 3. The maximum atomic E-state index is 14.5. The molecule has 1 aromatic carbocycles. The molecule has 9 nitrogen and oxygen atoms in total. The van der Waals surface area contributed by atoms with E-state index in [1.165, 1.54) is 12.1 Å². The Balaban J connectivity index is 1.74. The van der Waals surface area contributed by atoms with Crippen molar-refractivity contribution >= 4 is 30.4 Å². The molecule has 0 spiro atoms. The van der Waals surface area contributed by atoms with E-state index in [1.54, 1.807) is 4.90 Å². The van der Waals surface area contributed by atoms with Gasteiger partial charge in [0.05, 0.1) is 19.3 Å². The van der Waals surface area contributed by atoms with Crippen molar-refractivity contribution in [2.45, 2.75) is 52.2 Å². The Morgan fingerprint density at radius 1 is 1.05 bits per heavy atom. The molecule has 43 heavy (non-hydrogen) atoms. The summed E-state index contributed by atoms with van der Waals surface area (Å²) in [5.41, 5.74) is 2.26. The summed E-state index contributed by atoms with van der Waals surface area (Å²) in [6.07, 6.45) is 6.48. The molecule has 0 unspecified atom stereocenters. The minimum absolute atomic E-state index is 0.0667. The highest BCUT2D eigenvalue weighted by atomic mass is 19.1. The number of halogens is 1. The fourth-order valence-corrected chi connectivity index (χ4v) is 5.47. The summed E-state index contributed by atoms with van der Waals surface area (Å²) in [6.45, 7) is 11.0. The summed E-state index contributed by atoms with van der Waals surface area (Å²) in [5.74, 6) is -1.15. The van der Waals surface area contributed by atoms with E-state index >= 15 is 0 Å². The Hall–Kier alpha value is -3.08. The number of carbonyl (C=O) groups is 3. The van der Waals surface area contributed by atoms with Gasteiger partial charge in [-0.3, -0.25) is 0 Å². The van der Waals surface area contributed by atoms with Gasteiger partial charge in [-0.05, 0) is 68.5 Å². The molecule has 0 aliphatic carbocycles. The summed E-state index contributed by atoms with van der Waals surface area (Å²) in [4.78, 5) is 42.0. The van der Waals surface area contributed by atoms with Gasteiger partial charge in [0, 0.05) is 57.3 Å².